The van der Waals surface area contributed by atoms with Gasteiger partial charge in [-0.3, -0.25) is 0 Å². The molecule has 1 saturated heterocycles. The third kappa shape index (κ3) is 1.31. The standard InChI is InChI=1S/C11H12FNO3/c12-10-7(14)3-8-11(16-5-15-8)9(10)6-1-2-13-4-6/h3,6,13-14H,1-2,4-5H2. The fourth-order valence-corrected chi connectivity index (χ4v) is 2.30. The number of benzene rings is 1. The largest absolute Gasteiger partial charge is 0.505 e. The van der Waals surface area contributed by atoms with Crippen molar-refractivity contribution in [3.05, 3.63) is 17.4 Å². The molecule has 0 spiro atoms. The van der Waals surface area contributed by atoms with Crippen molar-refractivity contribution < 1.29 is 19.0 Å². The third-order valence-corrected chi connectivity index (χ3v) is 3.08. The first-order chi connectivity index (χ1) is 7.77. The lowest BCUT2D eigenvalue weighted by molar-refractivity contribution is 0.172. The van der Waals surface area contributed by atoms with E-state index < -0.39 is 5.82 Å². The van der Waals surface area contributed by atoms with Gasteiger partial charge >= 0.3 is 0 Å². The minimum Gasteiger partial charge on any atom is -0.505 e. The molecule has 2 aliphatic rings. The highest BCUT2D eigenvalue weighted by atomic mass is 19.1. The van der Waals surface area contributed by atoms with Crippen molar-refractivity contribution in [1.29, 1.82) is 0 Å². The highest BCUT2D eigenvalue weighted by molar-refractivity contribution is 5.55. The smallest absolute Gasteiger partial charge is 0.231 e. The van der Waals surface area contributed by atoms with Crippen LogP contribution in [0, 0.1) is 5.82 Å². The summed E-state index contributed by atoms with van der Waals surface area (Å²) >= 11 is 0. The highest BCUT2D eigenvalue weighted by Crippen LogP contribution is 2.45. The van der Waals surface area contributed by atoms with Gasteiger partial charge in [0.25, 0.3) is 0 Å². The van der Waals surface area contributed by atoms with Gasteiger partial charge in [-0.15, -0.1) is 0 Å². The van der Waals surface area contributed by atoms with Crippen LogP contribution >= 0.6 is 0 Å². The van der Waals surface area contributed by atoms with Gasteiger partial charge in [-0.05, 0) is 13.0 Å². The minimum absolute atomic E-state index is 0.0440. The minimum atomic E-state index is -0.585. The molecule has 5 heteroatoms. The normalized spacial score (nSPS) is 22.7. The molecule has 0 radical (unpaired) electrons. The number of nitrogens with one attached hydrogen (secondary N) is 1. The summed E-state index contributed by atoms with van der Waals surface area (Å²) in [5.74, 6) is -0.0311. The van der Waals surface area contributed by atoms with E-state index in [0.717, 1.165) is 13.0 Å². The van der Waals surface area contributed by atoms with E-state index in [0.29, 0.717) is 23.6 Å². The number of fused-ring (bicyclic) bond motifs is 1. The van der Waals surface area contributed by atoms with Gasteiger partial charge in [0.05, 0.1) is 0 Å². The van der Waals surface area contributed by atoms with Crippen LogP contribution in [0.3, 0.4) is 0 Å². The van der Waals surface area contributed by atoms with Crippen LogP contribution < -0.4 is 14.8 Å². The molecule has 16 heavy (non-hydrogen) atoms. The summed E-state index contributed by atoms with van der Waals surface area (Å²) in [5.41, 5.74) is 0.442. The van der Waals surface area contributed by atoms with Crippen molar-refractivity contribution in [2.24, 2.45) is 0 Å². The third-order valence-electron chi connectivity index (χ3n) is 3.08. The molecule has 1 aromatic rings. The van der Waals surface area contributed by atoms with Gasteiger partial charge in [0.15, 0.2) is 23.1 Å². The Balaban J connectivity index is 2.14. The summed E-state index contributed by atoms with van der Waals surface area (Å²) in [6.45, 7) is 1.65. The number of aromatic hydroxyl groups is 1. The second kappa shape index (κ2) is 3.52. The van der Waals surface area contributed by atoms with Crippen LogP contribution in [0.5, 0.6) is 17.2 Å². The fraction of sp³-hybridized carbons (Fsp3) is 0.455. The average Bonchev–Trinajstić information content (AvgIpc) is 2.89. The first-order valence-corrected chi connectivity index (χ1v) is 5.29. The van der Waals surface area contributed by atoms with E-state index in [1.165, 1.54) is 6.07 Å². The Bertz CT molecular complexity index is 430. The van der Waals surface area contributed by atoms with Gasteiger partial charge in [-0.1, -0.05) is 0 Å². The molecular weight excluding hydrogens is 213 g/mol. The first kappa shape index (κ1) is 9.72. The zero-order valence-corrected chi connectivity index (χ0v) is 8.62. The number of hydrogen-bond acceptors (Lipinski definition) is 4. The average molecular weight is 225 g/mol. The molecule has 1 unspecified atom stereocenters. The van der Waals surface area contributed by atoms with Crippen LogP contribution in [0.15, 0.2) is 6.07 Å². The molecule has 2 aliphatic heterocycles. The maximum atomic E-state index is 13.9. The van der Waals surface area contributed by atoms with Crippen LogP contribution in [-0.4, -0.2) is 25.0 Å². The van der Waals surface area contributed by atoms with E-state index in [1.807, 2.05) is 0 Å². The Hall–Kier alpha value is -1.49. The Morgan fingerprint density at radius 1 is 1.44 bits per heavy atom. The highest BCUT2D eigenvalue weighted by Gasteiger charge is 2.31. The van der Waals surface area contributed by atoms with Gasteiger partial charge in [-0.2, -0.15) is 0 Å². The van der Waals surface area contributed by atoms with E-state index in [9.17, 15) is 9.50 Å². The number of phenolic OH excluding ortho intramolecular Hbond substituents is 1. The van der Waals surface area contributed by atoms with E-state index in [2.05, 4.69) is 5.32 Å². The molecule has 1 fully saturated rings. The van der Waals surface area contributed by atoms with Crippen LogP contribution in [0.4, 0.5) is 4.39 Å². The summed E-state index contributed by atoms with van der Waals surface area (Å²) in [5, 5.41) is 12.7. The summed E-state index contributed by atoms with van der Waals surface area (Å²) in [6, 6.07) is 1.27. The van der Waals surface area contributed by atoms with Crippen LogP contribution in [0.2, 0.25) is 0 Å². The quantitative estimate of drug-likeness (QED) is 0.757. The maximum Gasteiger partial charge on any atom is 0.231 e. The number of halogens is 1. The zero-order valence-electron chi connectivity index (χ0n) is 8.62. The monoisotopic (exact) mass is 225 g/mol. The van der Waals surface area contributed by atoms with E-state index >= 15 is 0 Å². The van der Waals surface area contributed by atoms with Gasteiger partial charge < -0.3 is 19.9 Å². The zero-order chi connectivity index (χ0) is 11.1. The molecule has 1 aromatic carbocycles. The van der Waals surface area contributed by atoms with Gasteiger partial charge in [0.1, 0.15) is 0 Å². The van der Waals surface area contributed by atoms with Crippen molar-refractivity contribution in [3.63, 3.8) is 0 Å². The Morgan fingerprint density at radius 2 is 2.31 bits per heavy atom. The molecule has 1 atom stereocenters. The molecule has 2 N–H and O–H groups in total. The van der Waals surface area contributed by atoms with Crippen molar-refractivity contribution in [2.45, 2.75) is 12.3 Å². The topological polar surface area (TPSA) is 50.7 Å². The Kier molecular flexibility index (Phi) is 2.14. The molecule has 0 bridgehead atoms. The van der Waals surface area contributed by atoms with Crippen LogP contribution in [0.25, 0.3) is 0 Å². The first-order valence-electron chi connectivity index (χ1n) is 5.29. The molecular formula is C11H12FNO3. The molecule has 4 nitrogen and oxygen atoms in total. The van der Waals surface area contributed by atoms with Gasteiger partial charge in [0.2, 0.25) is 6.79 Å². The maximum absolute atomic E-state index is 13.9. The van der Waals surface area contributed by atoms with E-state index in [-0.39, 0.29) is 18.5 Å². The molecule has 3 rings (SSSR count). The Morgan fingerprint density at radius 3 is 3.06 bits per heavy atom. The molecule has 0 saturated carbocycles. The van der Waals surface area contributed by atoms with Crippen molar-refractivity contribution in [2.75, 3.05) is 19.9 Å². The van der Waals surface area contributed by atoms with Crippen molar-refractivity contribution >= 4 is 0 Å². The molecule has 0 aliphatic carbocycles. The second-order valence-corrected chi connectivity index (χ2v) is 4.05. The summed E-state index contributed by atoms with van der Waals surface area (Å²) in [4.78, 5) is 0. The molecule has 0 aromatic heterocycles. The number of rotatable bonds is 1. The molecule has 86 valence electrons. The number of phenols is 1. The lowest BCUT2D eigenvalue weighted by atomic mass is 9.96. The van der Waals surface area contributed by atoms with Crippen molar-refractivity contribution in [1.82, 2.24) is 5.32 Å². The number of ether oxygens (including phenoxy) is 2. The summed E-state index contributed by atoms with van der Waals surface area (Å²) < 4.78 is 24.3. The van der Waals surface area contributed by atoms with Gasteiger partial charge in [-0.25, -0.2) is 4.39 Å². The number of hydrogen-bond donors (Lipinski definition) is 2. The molecule has 2 heterocycles. The van der Waals surface area contributed by atoms with E-state index in [1.54, 1.807) is 0 Å². The van der Waals surface area contributed by atoms with Crippen molar-refractivity contribution in [3.8, 4) is 17.2 Å². The fourth-order valence-electron chi connectivity index (χ4n) is 2.30. The van der Waals surface area contributed by atoms with Gasteiger partial charge in [0, 0.05) is 24.1 Å². The van der Waals surface area contributed by atoms with Crippen LogP contribution in [0.1, 0.15) is 17.9 Å². The second-order valence-electron chi connectivity index (χ2n) is 4.05. The predicted octanol–water partition coefficient (Wildman–Crippen LogP) is 1.34. The lowest BCUT2D eigenvalue weighted by Gasteiger charge is -2.13. The molecule has 0 amide bonds. The van der Waals surface area contributed by atoms with Crippen LogP contribution in [-0.2, 0) is 0 Å². The lowest BCUT2D eigenvalue weighted by Crippen LogP contribution is -2.09. The summed E-state index contributed by atoms with van der Waals surface area (Å²) in [7, 11) is 0. The van der Waals surface area contributed by atoms with E-state index in [4.69, 9.17) is 9.47 Å². The Labute approximate surface area is 92.0 Å². The SMILES string of the molecule is Oc1cc2c(c(C3CCNC3)c1F)OCO2. The summed E-state index contributed by atoms with van der Waals surface area (Å²) in [6.07, 6.45) is 0.843. The predicted molar refractivity (Wildman–Crippen MR) is 54.4 cm³/mol.